The van der Waals surface area contributed by atoms with Crippen LogP contribution in [-0.2, 0) is 11.2 Å². The molecule has 1 aliphatic rings. The number of rotatable bonds is 7. The first-order chi connectivity index (χ1) is 11.6. The van der Waals surface area contributed by atoms with Gasteiger partial charge in [-0.3, -0.25) is 4.79 Å². The van der Waals surface area contributed by atoms with Crippen LogP contribution in [-0.4, -0.2) is 30.3 Å². The van der Waals surface area contributed by atoms with Crippen molar-refractivity contribution in [2.75, 3.05) is 6.61 Å². The first-order valence-electron chi connectivity index (χ1n) is 8.52. The van der Waals surface area contributed by atoms with Crippen LogP contribution >= 0.6 is 0 Å². The van der Waals surface area contributed by atoms with E-state index in [1.54, 1.807) is 12.1 Å². The Labute approximate surface area is 141 Å². The Morgan fingerprint density at radius 1 is 1.21 bits per heavy atom. The predicted molar refractivity (Wildman–Crippen MR) is 87.0 cm³/mol. The highest BCUT2D eigenvalue weighted by molar-refractivity contribution is 5.76. The smallest absolute Gasteiger partial charge is 0.387 e. The molecule has 4 nitrogen and oxygen atoms in total. The summed E-state index contributed by atoms with van der Waals surface area (Å²) in [7, 11) is 0. The summed E-state index contributed by atoms with van der Waals surface area (Å²) in [4.78, 5) is 12.2. The van der Waals surface area contributed by atoms with E-state index < -0.39 is 6.61 Å². The molecule has 134 valence electrons. The predicted octanol–water partition coefficient (Wildman–Crippen LogP) is 3.28. The van der Waals surface area contributed by atoms with Crippen LogP contribution in [0, 0.1) is 5.92 Å². The van der Waals surface area contributed by atoms with E-state index in [2.05, 4.69) is 10.1 Å². The summed E-state index contributed by atoms with van der Waals surface area (Å²) < 4.78 is 28.5. The van der Waals surface area contributed by atoms with E-state index >= 15 is 0 Å². The lowest BCUT2D eigenvalue weighted by Crippen LogP contribution is -2.41. The van der Waals surface area contributed by atoms with E-state index in [-0.39, 0.29) is 30.2 Å². The summed E-state index contributed by atoms with van der Waals surface area (Å²) in [5.74, 6) is 0.220. The third kappa shape index (κ3) is 6.07. The lowest BCUT2D eigenvalue weighted by molar-refractivity contribution is -0.122. The molecule has 2 N–H and O–H groups in total. The van der Waals surface area contributed by atoms with Gasteiger partial charge in [0.2, 0.25) is 5.91 Å². The van der Waals surface area contributed by atoms with Gasteiger partial charge in [0.05, 0.1) is 0 Å². The first kappa shape index (κ1) is 18.6. The van der Waals surface area contributed by atoms with Crippen LogP contribution in [0.3, 0.4) is 0 Å². The normalized spacial score (nSPS) is 21.3. The van der Waals surface area contributed by atoms with Gasteiger partial charge in [-0.1, -0.05) is 31.4 Å². The molecule has 1 saturated carbocycles. The number of aliphatic hydroxyl groups excluding tert-OH is 1. The highest BCUT2D eigenvalue weighted by Crippen LogP contribution is 2.23. The lowest BCUT2D eigenvalue weighted by Gasteiger charge is -2.24. The van der Waals surface area contributed by atoms with Gasteiger partial charge in [0, 0.05) is 25.0 Å². The van der Waals surface area contributed by atoms with Crippen LogP contribution < -0.4 is 10.1 Å². The second-order valence-corrected chi connectivity index (χ2v) is 6.28. The molecule has 0 spiro atoms. The highest BCUT2D eigenvalue weighted by Gasteiger charge is 2.24. The molecule has 2 rings (SSSR count). The van der Waals surface area contributed by atoms with Crippen LogP contribution in [0.5, 0.6) is 5.75 Å². The van der Waals surface area contributed by atoms with Crippen molar-refractivity contribution in [3.63, 3.8) is 0 Å². The number of ether oxygens (including phenoxy) is 1. The molecule has 1 aromatic rings. The average molecular weight is 341 g/mol. The number of carbonyl (C=O) groups is 1. The van der Waals surface area contributed by atoms with Crippen molar-refractivity contribution in [3.8, 4) is 5.75 Å². The molecule has 1 fully saturated rings. The summed E-state index contributed by atoms with van der Waals surface area (Å²) in [5.41, 5.74) is 0.895. The molecule has 6 heteroatoms. The zero-order chi connectivity index (χ0) is 17.4. The highest BCUT2D eigenvalue weighted by atomic mass is 19.3. The van der Waals surface area contributed by atoms with Crippen LogP contribution in [0.4, 0.5) is 8.78 Å². The molecule has 0 bridgehead atoms. The van der Waals surface area contributed by atoms with E-state index in [9.17, 15) is 18.7 Å². The Hall–Kier alpha value is -1.69. The number of carbonyl (C=O) groups excluding carboxylic acids is 1. The largest absolute Gasteiger partial charge is 0.435 e. The Kier molecular flexibility index (Phi) is 7.43. The van der Waals surface area contributed by atoms with Gasteiger partial charge in [0.1, 0.15) is 5.75 Å². The van der Waals surface area contributed by atoms with Crippen molar-refractivity contribution in [1.82, 2.24) is 5.32 Å². The number of hydrogen-bond donors (Lipinski definition) is 2. The summed E-state index contributed by atoms with van der Waals surface area (Å²) in [6.45, 7) is -2.73. The number of alkyl halides is 2. The number of aryl methyl sites for hydroxylation is 1. The van der Waals surface area contributed by atoms with Crippen LogP contribution in [0.25, 0.3) is 0 Å². The van der Waals surface area contributed by atoms with Gasteiger partial charge in [-0.2, -0.15) is 8.78 Å². The third-order valence-corrected chi connectivity index (χ3v) is 4.53. The van der Waals surface area contributed by atoms with Crippen molar-refractivity contribution in [1.29, 1.82) is 0 Å². The molecule has 24 heavy (non-hydrogen) atoms. The van der Waals surface area contributed by atoms with Gasteiger partial charge in [0.15, 0.2) is 0 Å². The van der Waals surface area contributed by atoms with Gasteiger partial charge >= 0.3 is 6.61 Å². The molecule has 2 atom stereocenters. The molecular formula is C18H25F2NO3. The maximum absolute atomic E-state index is 12.2. The fourth-order valence-corrected chi connectivity index (χ4v) is 3.17. The van der Waals surface area contributed by atoms with Gasteiger partial charge in [-0.05, 0) is 37.0 Å². The Balaban J connectivity index is 1.79. The topological polar surface area (TPSA) is 58.6 Å². The molecule has 2 unspecified atom stereocenters. The minimum atomic E-state index is -2.83. The second kappa shape index (κ2) is 9.57. The zero-order valence-electron chi connectivity index (χ0n) is 13.7. The van der Waals surface area contributed by atoms with E-state index in [1.165, 1.54) is 12.1 Å². The molecular weight excluding hydrogens is 316 g/mol. The summed E-state index contributed by atoms with van der Waals surface area (Å²) in [5, 5.41) is 12.5. The standard InChI is InChI=1S/C18H25F2NO3/c19-18(20)24-15-9-6-13(7-10-15)8-11-17(23)21-16-5-3-1-2-4-14(16)12-22/h6-7,9-10,14,16,18,22H,1-5,8,11-12H2,(H,21,23). The number of nitrogens with one attached hydrogen (secondary N) is 1. The Bertz CT molecular complexity index is 507. The molecule has 1 aliphatic carbocycles. The number of amides is 1. The van der Waals surface area contributed by atoms with E-state index in [0.717, 1.165) is 37.7 Å². The van der Waals surface area contributed by atoms with Gasteiger partial charge < -0.3 is 15.2 Å². The number of benzene rings is 1. The van der Waals surface area contributed by atoms with Crippen molar-refractivity contribution in [2.24, 2.45) is 5.92 Å². The van der Waals surface area contributed by atoms with Crippen molar-refractivity contribution in [3.05, 3.63) is 29.8 Å². The summed E-state index contributed by atoms with van der Waals surface area (Å²) in [6.07, 6.45) is 6.07. The average Bonchev–Trinajstić information content (AvgIpc) is 2.78. The number of halogens is 2. The summed E-state index contributed by atoms with van der Waals surface area (Å²) in [6, 6.07) is 6.38. The SMILES string of the molecule is O=C(CCc1ccc(OC(F)F)cc1)NC1CCCCCC1CO. The fourth-order valence-electron chi connectivity index (χ4n) is 3.17. The second-order valence-electron chi connectivity index (χ2n) is 6.28. The van der Waals surface area contributed by atoms with Crippen molar-refractivity contribution in [2.45, 2.75) is 57.6 Å². The molecule has 0 aliphatic heterocycles. The van der Waals surface area contributed by atoms with Gasteiger partial charge in [-0.25, -0.2) is 0 Å². The molecule has 1 aromatic carbocycles. The van der Waals surface area contributed by atoms with Gasteiger partial charge in [-0.15, -0.1) is 0 Å². The third-order valence-electron chi connectivity index (χ3n) is 4.53. The number of hydrogen-bond acceptors (Lipinski definition) is 3. The Morgan fingerprint density at radius 3 is 2.58 bits per heavy atom. The summed E-state index contributed by atoms with van der Waals surface area (Å²) >= 11 is 0. The molecule has 0 heterocycles. The monoisotopic (exact) mass is 341 g/mol. The molecule has 1 amide bonds. The van der Waals surface area contributed by atoms with Crippen LogP contribution in [0.2, 0.25) is 0 Å². The lowest BCUT2D eigenvalue weighted by atomic mass is 9.95. The zero-order valence-corrected chi connectivity index (χ0v) is 13.7. The van der Waals surface area contributed by atoms with E-state index in [4.69, 9.17) is 0 Å². The van der Waals surface area contributed by atoms with Gasteiger partial charge in [0.25, 0.3) is 0 Å². The maximum Gasteiger partial charge on any atom is 0.387 e. The van der Waals surface area contributed by atoms with Crippen LogP contribution in [0.15, 0.2) is 24.3 Å². The van der Waals surface area contributed by atoms with E-state index in [0.29, 0.717) is 12.8 Å². The minimum Gasteiger partial charge on any atom is -0.435 e. The van der Waals surface area contributed by atoms with E-state index in [1.807, 2.05) is 0 Å². The minimum absolute atomic E-state index is 0.0340. The maximum atomic E-state index is 12.2. The molecule has 0 saturated heterocycles. The fraction of sp³-hybridized carbons (Fsp3) is 0.611. The van der Waals surface area contributed by atoms with Crippen LogP contribution in [0.1, 0.15) is 44.1 Å². The molecule has 0 aromatic heterocycles. The van der Waals surface area contributed by atoms with Crippen molar-refractivity contribution < 1.29 is 23.4 Å². The number of aliphatic hydroxyl groups is 1. The molecule has 0 radical (unpaired) electrons. The Morgan fingerprint density at radius 2 is 1.92 bits per heavy atom. The van der Waals surface area contributed by atoms with Crippen molar-refractivity contribution >= 4 is 5.91 Å². The first-order valence-corrected chi connectivity index (χ1v) is 8.52. The quantitative estimate of drug-likeness (QED) is 0.748.